The first-order valence-corrected chi connectivity index (χ1v) is 7.23. The molecule has 0 aliphatic rings. The number of rotatable bonds is 7. The molecule has 0 N–H and O–H groups in total. The van der Waals surface area contributed by atoms with Crippen LogP contribution in [0.15, 0.2) is 36.4 Å². The number of ether oxygens (including phenoxy) is 5. The Bertz CT molecular complexity index is 693. The molecule has 0 bridgehead atoms. The quantitative estimate of drug-likeness (QED) is 0.726. The molecule has 6 nitrogen and oxygen atoms in total. The molecule has 0 saturated carbocycles. The maximum absolute atomic E-state index is 11.8. The summed E-state index contributed by atoms with van der Waals surface area (Å²) < 4.78 is 26.3. The molecule has 0 unspecified atom stereocenters. The Hall–Kier alpha value is -2.89. The van der Waals surface area contributed by atoms with E-state index in [4.69, 9.17) is 23.7 Å². The average molecular weight is 332 g/mol. The van der Waals surface area contributed by atoms with Crippen molar-refractivity contribution in [1.82, 2.24) is 0 Å². The Morgan fingerprint density at radius 3 is 2.08 bits per heavy atom. The molecule has 0 aromatic heterocycles. The Morgan fingerprint density at radius 2 is 1.54 bits per heavy atom. The molecule has 0 amide bonds. The number of esters is 1. The van der Waals surface area contributed by atoms with Crippen LogP contribution in [0.25, 0.3) is 0 Å². The van der Waals surface area contributed by atoms with E-state index >= 15 is 0 Å². The maximum atomic E-state index is 11.8. The molecule has 0 heterocycles. The van der Waals surface area contributed by atoms with Crippen LogP contribution in [0.4, 0.5) is 0 Å². The third kappa shape index (κ3) is 3.90. The number of methoxy groups -OCH3 is 4. The lowest BCUT2D eigenvalue weighted by molar-refractivity contribution is 0.0599. The van der Waals surface area contributed by atoms with Gasteiger partial charge in [0, 0.05) is 0 Å². The van der Waals surface area contributed by atoms with E-state index in [2.05, 4.69) is 0 Å². The first-order valence-electron chi connectivity index (χ1n) is 7.23. The van der Waals surface area contributed by atoms with Crippen molar-refractivity contribution in [3.8, 4) is 23.0 Å². The summed E-state index contributed by atoms with van der Waals surface area (Å²) in [4.78, 5) is 11.8. The van der Waals surface area contributed by atoms with Gasteiger partial charge in [-0.3, -0.25) is 0 Å². The van der Waals surface area contributed by atoms with Gasteiger partial charge in [-0.2, -0.15) is 0 Å². The fourth-order valence-electron chi connectivity index (χ4n) is 2.16. The van der Waals surface area contributed by atoms with Crippen LogP contribution in [0.1, 0.15) is 15.9 Å². The number of hydrogen-bond donors (Lipinski definition) is 0. The number of benzene rings is 2. The van der Waals surface area contributed by atoms with Crippen LogP contribution in [0.5, 0.6) is 23.0 Å². The summed E-state index contributed by atoms with van der Waals surface area (Å²) in [5.74, 6) is 1.49. The van der Waals surface area contributed by atoms with Gasteiger partial charge in [-0.25, -0.2) is 4.79 Å². The highest BCUT2D eigenvalue weighted by Crippen LogP contribution is 2.39. The molecule has 0 radical (unpaired) electrons. The average Bonchev–Trinajstić information content (AvgIpc) is 2.65. The molecule has 2 rings (SSSR count). The van der Waals surface area contributed by atoms with Gasteiger partial charge in [-0.15, -0.1) is 0 Å². The van der Waals surface area contributed by atoms with Crippen molar-refractivity contribution >= 4 is 5.97 Å². The van der Waals surface area contributed by atoms with Gasteiger partial charge < -0.3 is 23.7 Å². The molecule has 0 fully saturated rings. The van der Waals surface area contributed by atoms with Crippen LogP contribution in [0.2, 0.25) is 0 Å². The van der Waals surface area contributed by atoms with Crippen molar-refractivity contribution in [2.75, 3.05) is 28.4 Å². The van der Waals surface area contributed by atoms with Crippen LogP contribution < -0.4 is 18.9 Å². The standard InChI is InChI=1S/C18H20O6/c1-20-14-7-5-12(6-8-14)11-24-16-10-13(18(19)23-4)9-15(21-2)17(16)22-3/h5-10H,11H2,1-4H3. The van der Waals surface area contributed by atoms with Gasteiger partial charge in [0.2, 0.25) is 5.75 Å². The molecule has 0 spiro atoms. The van der Waals surface area contributed by atoms with Crippen molar-refractivity contribution in [3.05, 3.63) is 47.5 Å². The molecule has 24 heavy (non-hydrogen) atoms. The molecular weight excluding hydrogens is 312 g/mol. The lowest BCUT2D eigenvalue weighted by atomic mass is 10.1. The predicted octanol–water partition coefficient (Wildman–Crippen LogP) is 3.08. The van der Waals surface area contributed by atoms with Gasteiger partial charge in [0.1, 0.15) is 12.4 Å². The second-order valence-corrected chi connectivity index (χ2v) is 4.84. The van der Waals surface area contributed by atoms with Crippen LogP contribution in [0, 0.1) is 0 Å². The summed E-state index contributed by atoms with van der Waals surface area (Å²) in [6.07, 6.45) is 0. The first-order chi connectivity index (χ1) is 11.6. The minimum atomic E-state index is -0.481. The molecule has 6 heteroatoms. The van der Waals surface area contributed by atoms with Crippen molar-refractivity contribution < 1.29 is 28.5 Å². The zero-order valence-corrected chi connectivity index (χ0v) is 14.1. The number of hydrogen-bond acceptors (Lipinski definition) is 6. The first kappa shape index (κ1) is 17.5. The second kappa shape index (κ2) is 8.10. The van der Waals surface area contributed by atoms with Crippen molar-refractivity contribution in [3.63, 3.8) is 0 Å². The van der Waals surface area contributed by atoms with Crippen molar-refractivity contribution in [2.45, 2.75) is 6.61 Å². The van der Waals surface area contributed by atoms with E-state index in [1.807, 2.05) is 24.3 Å². The molecule has 0 aliphatic heterocycles. The van der Waals surface area contributed by atoms with E-state index in [0.717, 1.165) is 11.3 Å². The lowest BCUT2D eigenvalue weighted by Gasteiger charge is -2.15. The molecule has 2 aromatic carbocycles. The molecule has 0 saturated heterocycles. The van der Waals surface area contributed by atoms with Crippen LogP contribution in [0.3, 0.4) is 0 Å². The monoisotopic (exact) mass is 332 g/mol. The normalized spacial score (nSPS) is 10.0. The molecule has 0 aliphatic carbocycles. The zero-order chi connectivity index (χ0) is 17.5. The van der Waals surface area contributed by atoms with Gasteiger partial charge in [0.25, 0.3) is 0 Å². The Labute approximate surface area is 140 Å². The van der Waals surface area contributed by atoms with Gasteiger partial charge in [-0.05, 0) is 29.8 Å². The minimum absolute atomic E-state index is 0.300. The van der Waals surface area contributed by atoms with Crippen molar-refractivity contribution in [2.24, 2.45) is 0 Å². The molecule has 128 valence electrons. The summed E-state index contributed by atoms with van der Waals surface area (Å²) in [6.45, 7) is 0.300. The smallest absolute Gasteiger partial charge is 0.338 e. The Balaban J connectivity index is 2.27. The van der Waals surface area contributed by atoms with E-state index in [0.29, 0.717) is 29.4 Å². The zero-order valence-electron chi connectivity index (χ0n) is 14.1. The van der Waals surface area contributed by atoms with Gasteiger partial charge in [-0.1, -0.05) is 12.1 Å². The molecule has 2 aromatic rings. The van der Waals surface area contributed by atoms with E-state index in [1.165, 1.54) is 21.3 Å². The minimum Gasteiger partial charge on any atom is -0.497 e. The third-order valence-corrected chi connectivity index (χ3v) is 3.42. The Kier molecular flexibility index (Phi) is 5.89. The van der Waals surface area contributed by atoms with Gasteiger partial charge in [0.05, 0.1) is 34.0 Å². The molecule has 0 atom stereocenters. The van der Waals surface area contributed by atoms with E-state index in [1.54, 1.807) is 19.2 Å². The predicted molar refractivity (Wildman–Crippen MR) is 88.2 cm³/mol. The van der Waals surface area contributed by atoms with E-state index < -0.39 is 5.97 Å². The van der Waals surface area contributed by atoms with Crippen LogP contribution >= 0.6 is 0 Å². The van der Waals surface area contributed by atoms with E-state index in [-0.39, 0.29) is 0 Å². The highest BCUT2D eigenvalue weighted by Gasteiger charge is 2.18. The molecular formula is C18H20O6. The fourth-order valence-corrected chi connectivity index (χ4v) is 2.16. The maximum Gasteiger partial charge on any atom is 0.338 e. The number of carbonyl (C=O) groups excluding carboxylic acids is 1. The van der Waals surface area contributed by atoms with Gasteiger partial charge >= 0.3 is 5.97 Å². The summed E-state index contributed by atoms with van der Waals surface area (Å²) in [6, 6.07) is 10.6. The second-order valence-electron chi connectivity index (χ2n) is 4.84. The highest BCUT2D eigenvalue weighted by atomic mass is 16.5. The lowest BCUT2D eigenvalue weighted by Crippen LogP contribution is -2.05. The van der Waals surface area contributed by atoms with Crippen LogP contribution in [-0.4, -0.2) is 34.4 Å². The van der Waals surface area contributed by atoms with Crippen molar-refractivity contribution in [1.29, 1.82) is 0 Å². The largest absolute Gasteiger partial charge is 0.497 e. The topological polar surface area (TPSA) is 63.2 Å². The van der Waals surface area contributed by atoms with E-state index in [9.17, 15) is 4.79 Å². The summed E-state index contributed by atoms with van der Waals surface area (Å²) in [7, 11) is 5.93. The van der Waals surface area contributed by atoms with Crippen LogP contribution in [-0.2, 0) is 11.3 Å². The SMILES string of the molecule is COC(=O)c1cc(OC)c(OC)c(OCc2ccc(OC)cc2)c1. The number of carbonyl (C=O) groups is 1. The fraction of sp³-hybridized carbons (Fsp3) is 0.278. The van der Waals surface area contributed by atoms with Gasteiger partial charge in [0.15, 0.2) is 11.5 Å². The Morgan fingerprint density at radius 1 is 0.875 bits per heavy atom. The summed E-state index contributed by atoms with van der Waals surface area (Å²) in [5.41, 5.74) is 1.26. The highest BCUT2D eigenvalue weighted by molar-refractivity contribution is 5.91. The summed E-state index contributed by atoms with van der Waals surface area (Å²) in [5, 5.41) is 0. The summed E-state index contributed by atoms with van der Waals surface area (Å²) >= 11 is 0. The third-order valence-electron chi connectivity index (χ3n) is 3.42.